The molecule has 0 unspecified atom stereocenters. The van der Waals surface area contributed by atoms with Gasteiger partial charge in [-0.1, -0.05) is 12.1 Å². The zero-order valence-corrected chi connectivity index (χ0v) is 13.2. The van der Waals surface area contributed by atoms with Crippen LogP contribution in [-0.4, -0.2) is 21.4 Å². The predicted molar refractivity (Wildman–Crippen MR) is 87.5 cm³/mol. The van der Waals surface area contributed by atoms with E-state index < -0.39 is 0 Å². The SMILES string of the molecule is c1csc(CN2CCc3cnc(-c4cccs4)nc3C2)c1. The molecule has 21 heavy (non-hydrogen) atoms. The molecule has 0 saturated carbocycles. The molecule has 0 N–H and O–H groups in total. The summed E-state index contributed by atoms with van der Waals surface area (Å²) in [5, 5.41) is 4.21. The molecule has 0 saturated heterocycles. The molecule has 4 heterocycles. The van der Waals surface area contributed by atoms with Crippen LogP contribution < -0.4 is 0 Å². The molecule has 0 bridgehead atoms. The zero-order chi connectivity index (χ0) is 14.1. The fourth-order valence-electron chi connectivity index (χ4n) is 2.64. The number of aromatic nitrogens is 2. The van der Waals surface area contributed by atoms with E-state index in [2.05, 4.69) is 38.8 Å². The second kappa shape index (κ2) is 5.67. The lowest BCUT2D eigenvalue weighted by molar-refractivity contribution is 0.243. The average molecular weight is 313 g/mol. The van der Waals surface area contributed by atoms with Crippen molar-refractivity contribution in [2.45, 2.75) is 19.5 Å². The van der Waals surface area contributed by atoms with Crippen LogP contribution in [0.4, 0.5) is 0 Å². The van der Waals surface area contributed by atoms with Crippen LogP contribution in [0.5, 0.6) is 0 Å². The maximum absolute atomic E-state index is 4.80. The van der Waals surface area contributed by atoms with Crippen LogP contribution in [-0.2, 0) is 19.5 Å². The molecule has 5 heteroatoms. The second-order valence-corrected chi connectivity index (χ2v) is 7.16. The third kappa shape index (κ3) is 2.77. The monoisotopic (exact) mass is 313 g/mol. The van der Waals surface area contributed by atoms with Gasteiger partial charge in [-0.25, -0.2) is 9.97 Å². The summed E-state index contributed by atoms with van der Waals surface area (Å²) in [5.74, 6) is 0.863. The predicted octanol–water partition coefficient (Wildman–Crippen LogP) is 3.82. The molecule has 0 atom stereocenters. The van der Waals surface area contributed by atoms with E-state index in [4.69, 9.17) is 4.98 Å². The molecule has 1 aliphatic heterocycles. The maximum Gasteiger partial charge on any atom is 0.169 e. The summed E-state index contributed by atoms with van der Waals surface area (Å²) in [6.45, 7) is 3.04. The van der Waals surface area contributed by atoms with Gasteiger partial charge < -0.3 is 0 Å². The van der Waals surface area contributed by atoms with Gasteiger partial charge in [-0.3, -0.25) is 4.90 Å². The molecule has 0 aromatic carbocycles. The number of nitrogens with zero attached hydrogens (tertiary/aromatic N) is 3. The number of rotatable bonds is 3. The van der Waals surface area contributed by atoms with Crippen LogP contribution >= 0.6 is 22.7 Å². The lowest BCUT2D eigenvalue weighted by Gasteiger charge is -2.27. The van der Waals surface area contributed by atoms with E-state index in [-0.39, 0.29) is 0 Å². The highest BCUT2D eigenvalue weighted by molar-refractivity contribution is 7.13. The lowest BCUT2D eigenvalue weighted by Crippen LogP contribution is -2.30. The van der Waals surface area contributed by atoms with Crippen molar-refractivity contribution in [1.82, 2.24) is 14.9 Å². The normalized spacial score (nSPS) is 15.0. The molecule has 0 amide bonds. The van der Waals surface area contributed by atoms with Crippen molar-refractivity contribution >= 4 is 22.7 Å². The standard InChI is InChI=1S/C16H15N3S2/c1-3-13(20-7-1)10-19-6-5-12-9-17-16(18-14(12)11-19)15-4-2-8-21-15/h1-4,7-9H,5-6,10-11H2. The third-order valence-corrected chi connectivity index (χ3v) is 5.45. The van der Waals surface area contributed by atoms with Crippen LogP contribution in [0, 0.1) is 0 Å². The highest BCUT2D eigenvalue weighted by Gasteiger charge is 2.19. The Kier molecular flexibility index (Phi) is 3.55. The maximum atomic E-state index is 4.80. The van der Waals surface area contributed by atoms with E-state index in [0.29, 0.717) is 0 Å². The minimum Gasteiger partial charge on any atom is -0.292 e. The van der Waals surface area contributed by atoms with Crippen LogP contribution in [0.15, 0.2) is 41.2 Å². The Morgan fingerprint density at radius 2 is 2.05 bits per heavy atom. The fraction of sp³-hybridized carbons (Fsp3) is 0.250. The first-order valence-electron chi connectivity index (χ1n) is 7.02. The van der Waals surface area contributed by atoms with Gasteiger partial charge >= 0.3 is 0 Å². The Hall–Kier alpha value is -1.56. The van der Waals surface area contributed by atoms with Crippen molar-refractivity contribution in [1.29, 1.82) is 0 Å². The van der Waals surface area contributed by atoms with E-state index in [9.17, 15) is 0 Å². The molecular formula is C16H15N3S2. The molecule has 0 radical (unpaired) electrons. The van der Waals surface area contributed by atoms with Crippen molar-refractivity contribution in [3.63, 3.8) is 0 Å². The Balaban J connectivity index is 1.57. The van der Waals surface area contributed by atoms with Crippen LogP contribution in [0.3, 0.4) is 0 Å². The topological polar surface area (TPSA) is 29.0 Å². The summed E-state index contributed by atoms with van der Waals surface area (Å²) in [5.41, 5.74) is 2.49. The molecule has 0 aliphatic carbocycles. The second-order valence-electron chi connectivity index (χ2n) is 5.18. The lowest BCUT2D eigenvalue weighted by atomic mass is 10.1. The summed E-state index contributed by atoms with van der Waals surface area (Å²) in [4.78, 5) is 14.4. The minimum absolute atomic E-state index is 0.863. The molecule has 1 aliphatic rings. The van der Waals surface area contributed by atoms with E-state index in [0.717, 1.165) is 36.8 Å². The van der Waals surface area contributed by atoms with Crippen molar-refractivity contribution in [3.8, 4) is 10.7 Å². The quantitative estimate of drug-likeness (QED) is 0.736. The first kappa shape index (κ1) is 13.1. The highest BCUT2D eigenvalue weighted by atomic mass is 32.1. The van der Waals surface area contributed by atoms with Gasteiger partial charge in [0.1, 0.15) is 0 Å². The van der Waals surface area contributed by atoms with Gasteiger partial charge in [0.05, 0.1) is 10.6 Å². The summed E-state index contributed by atoms with van der Waals surface area (Å²) < 4.78 is 0. The number of hydrogen-bond acceptors (Lipinski definition) is 5. The molecule has 0 fully saturated rings. The van der Waals surface area contributed by atoms with Gasteiger partial charge in [0.2, 0.25) is 0 Å². The van der Waals surface area contributed by atoms with E-state index >= 15 is 0 Å². The molecular weight excluding hydrogens is 298 g/mol. The van der Waals surface area contributed by atoms with Crippen molar-refractivity contribution in [2.75, 3.05) is 6.54 Å². The summed E-state index contributed by atoms with van der Waals surface area (Å²) in [7, 11) is 0. The Morgan fingerprint density at radius 3 is 2.86 bits per heavy atom. The Labute approximate surface area is 131 Å². The first-order valence-corrected chi connectivity index (χ1v) is 8.78. The number of hydrogen-bond donors (Lipinski definition) is 0. The largest absolute Gasteiger partial charge is 0.292 e. The van der Waals surface area contributed by atoms with Crippen LogP contribution in [0.1, 0.15) is 16.1 Å². The van der Waals surface area contributed by atoms with Gasteiger partial charge in [0.15, 0.2) is 5.82 Å². The van der Waals surface area contributed by atoms with Crippen LogP contribution in [0.2, 0.25) is 0 Å². The molecule has 3 aromatic rings. The van der Waals surface area contributed by atoms with Crippen molar-refractivity contribution in [2.24, 2.45) is 0 Å². The number of thiophene rings is 2. The number of fused-ring (bicyclic) bond motifs is 1. The zero-order valence-electron chi connectivity index (χ0n) is 11.5. The molecule has 0 spiro atoms. The highest BCUT2D eigenvalue weighted by Crippen LogP contribution is 2.25. The van der Waals surface area contributed by atoms with Crippen molar-refractivity contribution < 1.29 is 0 Å². The van der Waals surface area contributed by atoms with Gasteiger partial charge in [0.25, 0.3) is 0 Å². The van der Waals surface area contributed by atoms with E-state index in [1.165, 1.54) is 16.1 Å². The molecule has 106 valence electrons. The Bertz CT molecular complexity index is 720. The Morgan fingerprint density at radius 1 is 1.14 bits per heavy atom. The first-order chi connectivity index (χ1) is 10.4. The van der Waals surface area contributed by atoms with Gasteiger partial charge in [-0.2, -0.15) is 0 Å². The van der Waals surface area contributed by atoms with Gasteiger partial charge in [0, 0.05) is 30.7 Å². The summed E-state index contributed by atoms with van der Waals surface area (Å²) in [6.07, 6.45) is 3.06. The minimum atomic E-state index is 0.863. The molecule has 4 rings (SSSR count). The molecule has 3 nitrogen and oxygen atoms in total. The molecule has 3 aromatic heterocycles. The van der Waals surface area contributed by atoms with Gasteiger partial charge in [-0.05, 0) is 34.9 Å². The average Bonchev–Trinajstić information content (AvgIpc) is 3.20. The van der Waals surface area contributed by atoms with Crippen molar-refractivity contribution in [3.05, 3.63) is 57.4 Å². The van der Waals surface area contributed by atoms with Gasteiger partial charge in [-0.15, -0.1) is 22.7 Å². The summed E-state index contributed by atoms with van der Waals surface area (Å²) >= 11 is 3.52. The van der Waals surface area contributed by atoms with Crippen LogP contribution in [0.25, 0.3) is 10.7 Å². The third-order valence-electron chi connectivity index (χ3n) is 3.73. The van der Waals surface area contributed by atoms with E-state index in [1.54, 1.807) is 11.3 Å². The van der Waals surface area contributed by atoms with E-state index in [1.807, 2.05) is 23.6 Å². The summed E-state index contributed by atoms with van der Waals surface area (Å²) in [6, 6.07) is 8.46. The smallest absolute Gasteiger partial charge is 0.169 e. The fourth-order valence-corrected chi connectivity index (χ4v) is 4.05.